The fourth-order valence-corrected chi connectivity index (χ4v) is 6.50. The van der Waals surface area contributed by atoms with Crippen molar-refractivity contribution in [2.75, 3.05) is 32.7 Å². The Bertz CT molecular complexity index is 1050. The predicted octanol–water partition coefficient (Wildman–Crippen LogP) is 4.40. The van der Waals surface area contributed by atoms with Crippen LogP contribution in [0.5, 0.6) is 0 Å². The van der Waals surface area contributed by atoms with Crippen molar-refractivity contribution in [3.63, 3.8) is 0 Å². The molecule has 1 saturated carbocycles. The minimum Gasteiger partial charge on any atom is -0.343 e. The number of likely N-dealkylation sites (tertiary alicyclic amines) is 1. The first kappa shape index (κ1) is 24.6. The summed E-state index contributed by atoms with van der Waals surface area (Å²) in [5.74, 6) is 0.301. The number of nitrogens with two attached hydrogens (primary N) is 1. The van der Waals surface area contributed by atoms with Gasteiger partial charge in [-0.1, -0.05) is 54.6 Å². The summed E-state index contributed by atoms with van der Waals surface area (Å²) in [7, 11) is 0. The smallest absolute Gasteiger partial charge is 0.254 e. The number of piperazine rings is 1. The minimum absolute atomic E-state index is 0.0459. The number of halogens is 2. The van der Waals surface area contributed by atoms with Gasteiger partial charge in [0.15, 0.2) is 0 Å². The van der Waals surface area contributed by atoms with Gasteiger partial charge in [-0.25, -0.2) is 0 Å². The third-order valence-corrected chi connectivity index (χ3v) is 8.59. The van der Waals surface area contributed by atoms with Crippen molar-refractivity contribution in [3.05, 3.63) is 57.6 Å². The first-order valence-electron chi connectivity index (χ1n) is 13.0. The molecule has 2 aromatic carbocycles. The zero-order chi connectivity index (χ0) is 24.4. The summed E-state index contributed by atoms with van der Waals surface area (Å²) in [4.78, 5) is 29.9. The predicted molar refractivity (Wildman–Crippen MR) is 140 cm³/mol. The Hall–Kier alpha value is -2.08. The Balaban J connectivity index is 1.27. The third kappa shape index (κ3) is 5.37. The van der Waals surface area contributed by atoms with E-state index in [1.807, 2.05) is 41.3 Å². The van der Waals surface area contributed by atoms with Crippen LogP contribution in [0.25, 0.3) is 11.1 Å². The maximum Gasteiger partial charge on any atom is 0.254 e. The SMILES string of the molecule is O=C(c1ccc(-c2cc(Cl)c(CC3CCN(C4CCCCC4)C3=O)c(Cl)c2)cc1)N1CC[NH2+]CC1. The van der Waals surface area contributed by atoms with Gasteiger partial charge >= 0.3 is 0 Å². The van der Waals surface area contributed by atoms with Crippen LogP contribution in [0.3, 0.4) is 0 Å². The molecule has 5 rings (SSSR count). The molecule has 1 aliphatic carbocycles. The molecule has 7 heteroatoms. The van der Waals surface area contributed by atoms with E-state index in [0.29, 0.717) is 28.1 Å². The van der Waals surface area contributed by atoms with Gasteiger partial charge in [-0.3, -0.25) is 9.59 Å². The molecule has 0 spiro atoms. The van der Waals surface area contributed by atoms with E-state index in [1.54, 1.807) is 0 Å². The van der Waals surface area contributed by atoms with E-state index in [-0.39, 0.29) is 17.7 Å². The van der Waals surface area contributed by atoms with Gasteiger partial charge in [0.1, 0.15) is 0 Å². The Kier molecular flexibility index (Phi) is 7.66. The number of quaternary nitrogens is 1. The van der Waals surface area contributed by atoms with E-state index >= 15 is 0 Å². The minimum atomic E-state index is -0.0459. The molecule has 2 aliphatic heterocycles. The molecule has 1 unspecified atom stereocenters. The van der Waals surface area contributed by atoms with Gasteiger partial charge in [0.25, 0.3) is 5.91 Å². The molecule has 3 fully saturated rings. The monoisotopic (exact) mass is 514 g/mol. The van der Waals surface area contributed by atoms with Crippen LogP contribution in [0.1, 0.15) is 54.4 Å². The lowest BCUT2D eigenvalue weighted by molar-refractivity contribution is -0.661. The standard InChI is InChI=1S/C28H33Cl2N3O2/c29-25-17-22(19-6-8-20(9-7-19)27(34)32-14-11-31-12-15-32)18-26(30)24(25)16-21-10-13-33(28(21)35)23-4-2-1-3-5-23/h6-9,17-18,21,23,31H,1-5,10-16H2/p+1. The Morgan fingerprint density at radius 2 is 1.54 bits per heavy atom. The van der Waals surface area contributed by atoms with E-state index in [2.05, 4.69) is 10.2 Å². The summed E-state index contributed by atoms with van der Waals surface area (Å²) in [5.41, 5.74) is 3.43. The van der Waals surface area contributed by atoms with E-state index in [9.17, 15) is 9.59 Å². The number of nitrogens with zero attached hydrogens (tertiary/aromatic N) is 2. The van der Waals surface area contributed by atoms with Crippen molar-refractivity contribution in [1.29, 1.82) is 0 Å². The van der Waals surface area contributed by atoms with Crippen molar-refractivity contribution >= 4 is 35.0 Å². The van der Waals surface area contributed by atoms with E-state index in [1.165, 1.54) is 19.3 Å². The van der Waals surface area contributed by atoms with Crippen LogP contribution in [0.15, 0.2) is 36.4 Å². The number of carbonyl (C=O) groups excluding carboxylic acids is 2. The number of hydrogen-bond donors (Lipinski definition) is 1. The summed E-state index contributed by atoms with van der Waals surface area (Å²) in [6.45, 7) is 4.34. The van der Waals surface area contributed by atoms with Crippen molar-refractivity contribution in [3.8, 4) is 11.1 Å². The first-order valence-corrected chi connectivity index (χ1v) is 13.8. The number of rotatable bonds is 5. The fraction of sp³-hybridized carbons (Fsp3) is 0.500. The molecular formula is C28H34Cl2N3O2+. The number of hydrogen-bond acceptors (Lipinski definition) is 2. The lowest BCUT2D eigenvalue weighted by atomic mass is 9.93. The van der Waals surface area contributed by atoms with Gasteiger partial charge in [-0.2, -0.15) is 0 Å². The lowest BCUT2D eigenvalue weighted by Gasteiger charge is -2.31. The van der Waals surface area contributed by atoms with Crippen molar-refractivity contribution in [2.45, 2.75) is 51.0 Å². The fourth-order valence-electron chi connectivity index (χ4n) is 5.86. The molecule has 2 N–H and O–H groups in total. The van der Waals surface area contributed by atoms with Gasteiger partial charge < -0.3 is 15.1 Å². The highest BCUT2D eigenvalue weighted by atomic mass is 35.5. The Labute approximate surface area is 217 Å². The molecule has 0 radical (unpaired) electrons. The van der Waals surface area contributed by atoms with Crippen LogP contribution in [-0.4, -0.2) is 60.4 Å². The number of carbonyl (C=O) groups is 2. The quantitative estimate of drug-likeness (QED) is 0.642. The van der Waals surface area contributed by atoms with Crippen LogP contribution in [-0.2, 0) is 11.2 Å². The second-order valence-corrected chi connectivity index (χ2v) is 11.0. The molecule has 186 valence electrons. The van der Waals surface area contributed by atoms with Crippen LogP contribution in [0.4, 0.5) is 0 Å². The highest BCUT2D eigenvalue weighted by Crippen LogP contribution is 2.36. The average molecular weight is 516 g/mol. The maximum atomic E-state index is 13.1. The molecule has 3 aliphatic rings. The van der Waals surface area contributed by atoms with Crippen LogP contribution >= 0.6 is 23.2 Å². The molecule has 5 nitrogen and oxygen atoms in total. The third-order valence-electron chi connectivity index (χ3n) is 7.92. The lowest BCUT2D eigenvalue weighted by Crippen LogP contribution is -2.89. The number of benzene rings is 2. The molecule has 2 aromatic rings. The zero-order valence-corrected chi connectivity index (χ0v) is 21.7. The van der Waals surface area contributed by atoms with Gasteiger partial charge in [0, 0.05) is 34.1 Å². The largest absolute Gasteiger partial charge is 0.343 e. The van der Waals surface area contributed by atoms with Crippen LogP contribution in [0, 0.1) is 5.92 Å². The van der Waals surface area contributed by atoms with E-state index < -0.39 is 0 Å². The van der Waals surface area contributed by atoms with Gasteiger partial charge in [-0.15, -0.1) is 0 Å². The van der Waals surface area contributed by atoms with Crippen LogP contribution in [0.2, 0.25) is 10.0 Å². The molecule has 2 saturated heterocycles. The van der Waals surface area contributed by atoms with Crippen molar-refractivity contribution in [2.24, 2.45) is 5.92 Å². The van der Waals surface area contributed by atoms with Crippen molar-refractivity contribution in [1.82, 2.24) is 9.80 Å². The second-order valence-electron chi connectivity index (χ2n) is 10.2. The van der Waals surface area contributed by atoms with E-state index in [0.717, 1.165) is 68.7 Å². The number of amides is 2. The maximum absolute atomic E-state index is 13.1. The van der Waals surface area contributed by atoms with Crippen molar-refractivity contribution < 1.29 is 14.9 Å². The Morgan fingerprint density at radius 1 is 0.886 bits per heavy atom. The highest BCUT2D eigenvalue weighted by molar-refractivity contribution is 6.36. The summed E-state index contributed by atoms with van der Waals surface area (Å²) in [6.07, 6.45) is 7.46. The molecule has 1 atom stereocenters. The average Bonchev–Trinajstić information content (AvgIpc) is 3.26. The highest BCUT2D eigenvalue weighted by Gasteiger charge is 2.36. The summed E-state index contributed by atoms with van der Waals surface area (Å²) in [5, 5.41) is 3.43. The van der Waals surface area contributed by atoms with Gasteiger partial charge in [-0.05, 0) is 66.6 Å². The van der Waals surface area contributed by atoms with Gasteiger partial charge in [0.2, 0.25) is 5.91 Å². The van der Waals surface area contributed by atoms with E-state index in [4.69, 9.17) is 23.2 Å². The second kappa shape index (κ2) is 10.9. The molecular weight excluding hydrogens is 481 g/mol. The van der Waals surface area contributed by atoms with Gasteiger partial charge in [0.05, 0.1) is 26.2 Å². The molecule has 35 heavy (non-hydrogen) atoms. The molecule has 2 amide bonds. The Morgan fingerprint density at radius 3 is 2.20 bits per heavy atom. The molecule has 0 bridgehead atoms. The van der Waals surface area contributed by atoms with Crippen LogP contribution < -0.4 is 5.32 Å². The summed E-state index contributed by atoms with van der Waals surface area (Å²) >= 11 is 13.4. The topological polar surface area (TPSA) is 57.2 Å². The normalized spacial score (nSPS) is 21.5. The molecule has 0 aromatic heterocycles. The summed E-state index contributed by atoms with van der Waals surface area (Å²) in [6, 6.07) is 11.9. The molecule has 2 heterocycles. The summed E-state index contributed by atoms with van der Waals surface area (Å²) < 4.78 is 0. The zero-order valence-electron chi connectivity index (χ0n) is 20.1. The first-order chi connectivity index (χ1) is 17.0.